The van der Waals surface area contributed by atoms with Gasteiger partial charge in [0, 0.05) is 19.5 Å². The summed E-state index contributed by atoms with van der Waals surface area (Å²) in [7, 11) is 1.93. The number of hydrogen-bond donors (Lipinski definition) is 0. The van der Waals surface area contributed by atoms with Crippen molar-refractivity contribution < 1.29 is 4.79 Å². The van der Waals surface area contributed by atoms with E-state index in [2.05, 4.69) is 6.92 Å². The van der Waals surface area contributed by atoms with E-state index in [-0.39, 0.29) is 0 Å². The van der Waals surface area contributed by atoms with E-state index in [0.717, 1.165) is 25.8 Å². The predicted molar refractivity (Wildman–Crippen MR) is 49.9 cm³/mol. The molecule has 0 bridgehead atoms. The van der Waals surface area contributed by atoms with Crippen LogP contribution >= 0.6 is 0 Å². The molecule has 0 saturated heterocycles. The normalized spacial score (nSPS) is 17.2. The van der Waals surface area contributed by atoms with Gasteiger partial charge in [-0.05, 0) is 19.3 Å². The van der Waals surface area contributed by atoms with Gasteiger partial charge < -0.3 is 4.90 Å². The third-order valence-corrected chi connectivity index (χ3v) is 2.68. The molecule has 0 unspecified atom stereocenters. The van der Waals surface area contributed by atoms with Crippen LogP contribution in [0.5, 0.6) is 0 Å². The summed E-state index contributed by atoms with van der Waals surface area (Å²) in [5, 5.41) is 0. The predicted octanol–water partition coefficient (Wildman–Crippen LogP) is 2.04. The van der Waals surface area contributed by atoms with Gasteiger partial charge in [-0.15, -0.1) is 0 Å². The highest BCUT2D eigenvalue weighted by Crippen LogP contribution is 2.27. The molecule has 0 aliphatic heterocycles. The SMILES string of the molecule is CCCCN(C)C(=O)C1CCC1. The molecular formula is C10H19NO. The van der Waals surface area contributed by atoms with Crippen LogP contribution in [-0.4, -0.2) is 24.4 Å². The Morgan fingerprint density at radius 2 is 2.17 bits per heavy atom. The molecule has 12 heavy (non-hydrogen) atoms. The monoisotopic (exact) mass is 169 g/mol. The topological polar surface area (TPSA) is 20.3 Å². The van der Waals surface area contributed by atoms with Crippen LogP contribution in [0.1, 0.15) is 39.0 Å². The van der Waals surface area contributed by atoms with Gasteiger partial charge in [-0.3, -0.25) is 4.79 Å². The van der Waals surface area contributed by atoms with Gasteiger partial charge in [-0.2, -0.15) is 0 Å². The van der Waals surface area contributed by atoms with E-state index in [0.29, 0.717) is 11.8 Å². The third-order valence-electron chi connectivity index (χ3n) is 2.68. The van der Waals surface area contributed by atoms with Gasteiger partial charge in [-0.25, -0.2) is 0 Å². The summed E-state index contributed by atoms with van der Waals surface area (Å²) in [5.74, 6) is 0.738. The summed E-state index contributed by atoms with van der Waals surface area (Å²) in [6, 6.07) is 0. The maximum Gasteiger partial charge on any atom is 0.225 e. The molecule has 2 heteroatoms. The summed E-state index contributed by atoms with van der Waals surface area (Å²) in [5.41, 5.74) is 0. The van der Waals surface area contributed by atoms with E-state index in [1.165, 1.54) is 12.8 Å². The van der Waals surface area contributed by atoms with Crippen molar-refractivity contribution >= 4 is 5.91 Å². The Hall–Kier alpha value is -0.530. The molecule has 0 radical (unpaired) electrons. The molecule has 1 aliphatic rings. The molecule has 1 amide bonds. The fourth-order valence-corrected chi connectivity index (χ4v) is 1.47. The summed E-state index contributed by atoms with van der Waals surface area (Å²) < 4.78 is 0. The standard InChI is InChI=1S/C10H19NO/c1-3-4-8-11(2)10(12)9-6-5-7-9/h9H,3-8H2,1-2H3. The lowest BCUT2D eigenvalue weighted by atomic mass is 9.84. The molecule has 1 aliphatic carbocycles. The second-order valence-corrected chi connectivity index (χ2v) is 3.74. The van der Waals surface area contributed by atoms with Crippen LogP contribution in [-0.2, 0) is 4.79 Å². The van der Waals surface area contributed by atoms with Crippen LogP contribution in [0.4, 0.5) is 0 Å². The first-order chi connectivity index (χ1) is 5.75. The minimum absolute atomic E-state index is 0.367. The lowest BCUT2D eigenvalue weighted by molar-refractivity contribution is -0.136. The molecule has 0 aromatic rings. The Bertz CT molecular complexity index is 152. The van der Waals surface area contributed by atoms with Gasteiger partial charge in [0.05, 0.1) is 0 Å². The number of carbonyl (C=O) groups excluding carboxylic acids is 1. The molecular weight excluding hydrogens is 150 g/mol. The number of carbonyl (C=O) groups is 1. The molecule has 70 valence electrons. The fraction of sp³-hybridized carbons (Fsp3) is 0.900. The largest absolute Gasteiger partial charge is 0.346 e. The minimum Gasteiger partial charge on any atom is -0.346 e. The fourth-order valence-electron chi connectivity index (χ4n) is 1.47. The zero-order valence-corrected chi connectivity index (χ0v) is 8.18. The lowest BCUT2D eigenvalue weighted by Gasteiger charge is -2.29. The summed E-state index contributed by atoms with van der Waals surface area (Å²) in [6.07, 6.45) is 5.79. The van der Waals surface area contributed by atoms with Crippen molar-refractivity contribution in [3.05, 3.63) is 0 Å². The molecule has 1 rings (SSSR count). The second kappa shape index (κ2) is 4.48. The molecule has 1 saturated carbocycles. The Labute approximate surface area is 74.9 Å². The lowest BCUT2D eigenvalue weighted by Crippen LogP contribution is -2.36. The van der Waals surface area contributed by atoms with Crippen molar-refractivity contribution in [3.63, 3.8) is 0 Å². The van der Waals surface area contributed by atoms with Crippen LogP contribution in [0.2, 0.25) is 0 Å². The summed E-state index contributed by atoms with van der Waals surface area (Å²) >= 11 is 0. The van der Waals surface area contributed by atoms with Crippen LogP contribution in [0.25, 0.3) is 0 Å². The molecule has 2 nitrogen and oxygen atoms in total. The second-order valence-electron chi connectivity index (χ2n) is 3.74. The van der Waals surface area contributed by atoms with Crippen molar-refractivity contribution in [1.82, 2.24) is 4.90 Å². The highest BCUT2D eigenvalue weighted by Gasteiger charge is 2.27. The van der Waals surface area contributed by atoms with E-state index < -0.39 is 0 Å². The summed E-state index contributed by atoms with van der Waals surface area (Å²) in [6.45, 7) is 3.09. The number of amides is 1. The van der Waals surface area contributed by atoms with Crippen molar-refractivity contribution in [2.45, 2.75) is 39.0 Å². The number of unbranched alkanes of at least 4 members (excludes halogenated alkanes) is 1. The van der Waals surface area contributed by atoms with Crippen LogP contribution in [0.3, 0.4) is 0 Å². The van der Waals surface area contributed by atoms with E-state index >= 15 is 0 Å². The van der Waals surface area contributed by atoms with Gasteiger partial charge in [-0.1, -0.05) is 19.8 Å². The zero-order chi connectivity index (χ0) is 8.97. The Balaban J connectivity index is 2.20. The average molecular weight is 169 g/mol. The van der Waals surface area contributed by atoms with E-state index in [1.54, 1.807) is 0 Å². The first kappa shape index (κ1) is 9.56. The average Bonchev–Trinajstić information content (AvgIpc) is 1.96. The van der Waals surface area contributed by atoms with Gasteiger partial charge in [0.15, 0.2) is 0 Å². The molecule has 0 atom stereocenters. The molecule has 0 spiro atoms. The van der Waals surface area contributed by atoms with E-state index in [1.807, 2.05) is 11.9 Å². The Kier molecular flexibility index (Phi) is 3.57. The zero-order valence-electron chi connectivity index (χ0n) is 8.18. The number of rotatable bonds is 4. The van der Waals surface area contributed by atoms with Crippen molar-refractivity contribution in [2.75, 3.05) is 13.6 Å². The minimum atomic E-state index is 0.367. The van der Waals surface area contributed by atoms with Crippen LogP contribution < -0.4 is 0 Å². The molecule has 0 aromatic heterocycles. The van der Waals surface area contributed by atoms with Crippen molar-refractivity contribution in [1.29, 1.82) is 0 Å². The molecule has 1 fully saturated rings. The molecule has 0 N–H and O–H groups in total. The van der Waals surface area contributed by atoms with Crippen LogP contribution in [0, 0.1) is 5.92 Å². The third kappa shape index (κ3) is 2.23. The molecule has 0 aromatic carbocycles. The highest BCUT2D eigenvalue weighted by atomic mass is 16.2. The van der Waals surface area contributed by atoms with Gasteiger partial charge >= 0.3 is 0 Å². The first-order valence-electron chi connectivity index (χ1n) is 5.00. The Morgan fingerprint density at radius 1 is 1.50 bits per heavy atom. The summed E-state index contributed by atoms with van der Waals surface area (Å²) in [4.78, 5) is 13.5. The van der Waals surface area contributed by atoms with Gasteiger partial charge in [0.25, 0.3) is 0 Å². The van der Waals surface area contributed by atoms with E-state index in [4.69, 9.17) is 0 Å². The van der Waals surface area contributed by atoms with Crippen molar-refractivity contribution in [3.8, 4) is 0 Å². The first-order valence-corrected chi connectivity index (χ1v) is 5.00. The molecule has 0 heterocycles. The van der Waals surface area contributed by atoms with Crippen LogP contribution in [0.15, 0.2) is 0 Å². The Morgan fingerprint density at radius 3 is 2.58 bits per heavy atom. The number of nitrogens with zero attached hydrogens (tertiary/aromatic N) is 1. The number of hydrogen-bond acceptors (Lipinski definition) is 1. The quantitative estimate of drug-likeness (QED) is 0.630. The van der Waals surface area contributed by atoms with Gasteiger partial charge in [0.1, 0.15) is 0 Å². The smallest absolute Gasteiger partial charge is 0.225 e. The van der Waals surface area contributed by atoms with E-state index in [9.17, 15) is 4.79 Å². The highest BCUT2D eigenvalue weighted by molar-refractivity contribution is 5.79. The maximum atomic E-state index is 11.6. The van der Waals surface area contributed by atoms with Gasteiger partial charge in [0.2, 0.25) is 5.91 Å². The van der Waals surface area contributed by atoms with Crippen molar-refractivity contribution in [2.24, 2.45) is 5.92 Å². The maximum absolute atomic E-state index is 11.6.